The number of rotatable bonds is 8. The molecule has 0 amide bonds. The van der Waals surface area contributed by atoms with Crippen molar-refractivity contribution in [3.8, 4) is 16.9 Å². The number of aromatic hydroxyl groups is 1. The van der Waals surface area contributed by atoms with E-state index in [-0.39, 0.29) is 11.1 Å². The second-order valence-corrected chi connectivity index (χ2v) is 11.7. The minimum absolute atomic E-state index is 0.207. The van der Waals surface area contributed by atoms with Crippen molar-refractivity contribution in [3.05, 3.63) is 75.5 Å². The average Bonchev–Trinajstić information content (AvgIpc) is 2.92. The zero-order valence-electron chi connectivity index (χ0n) is 20.9. The number of nitrogens with two attached hydrogens (primary N) is 1. The molecule has 4 aromatic carbocycles. The minimum atomic E-state index is -4.97. The van der Waals surface area contributed by atoms with E-state index >= 15 is 0 Å². The molecular formula is C25H20N6O7S2. The van der Waals surface area contributed by atoms with Crippen LogP contribution in [0.25, 0.3) is 21.9 Å². The molecule has 15 heteroatoms. The number of nitroso groups, excluding NO2 is 2. The van der Waals surface area contributed by atoms with E-state index in [2.05, 4.69) is 21.9 Å². The van der Waals surface area contributed by atoms with Gasteiger partial charge in [-0.2, -0.15) is 21.9 Å². The number of hydrogen-bond donors (Lipinski definition) is 2. The number of azo groups is 1. The minimum Gasteiger partial charge on any atom is -0.505 e. The molecule has 4 rings (SSSR count). The Bertz CT molecular complexity index is 1990. The molecule has 0 spiro atoms. The number of phenolic OH excluding ortho intramolecular Hbond substituents is 1. The quantitative estimate of drug-likeness (QED) is 0.108. The van der Waals surface area contributed by atoms with E-state index in [0.717, 1.165) is 34.0 Å². The molecule has 0 aliphatic heterocycles. The number of hydrogen-bond acceptors (Lipinski definition) is 11. The van der Waals surface area contributed by atoms with E-state index < -0.39 is 46.7 Å². The molecule has 0 aliphatic carbocycles. The fraction of sp³-hybridized carbons (Fsp3) is 0.0800. The molecule has 0 atom stereocenters. The maximum absolute atomic E-state index is 12.3. The lowest BCUT2D eigenvalue weighted by Gasteiger charge is -2.12. The molecule has 0 aromatic heterocycles. The summed E-state index contributed by atoms with van der Waals surface area (Å²) in [6.07, 6.45) is 0. The van der Waals surface area contributed by atoms with Crippen LogP contribution in [0, 0.1) is 23.7 Å². The number of aliphatic imine (C=N–C) groups is 1. The highest BCUT2D eigenvalue weighted by Crippen LogP contribution is 2.44. The smallest absolute Gasteiger partial charge is 0.319 e. The Balaban J connectivity index is 1.83. The largest absolute Gasteiger partial charge is 0.505 e. The third-order valence-electron chi connectivity index (χ3n) is 6.13. The number of sulfonamides is 2. The van der Waals surface area contributed by atoms with Gasteiger partial charge in [-0.25, -0.2) is 0 Å². The van der Waals surface area contributed by atoms with E-state index in [4.69, 9.17) is 5.73 Å². The molecule has 0 heterocycles. The maximum Gasteiger partial charge on any atom is 0.319 e. The van der Waals surface area contributed by atoms with Gasteiger partial charge in [0.05, 0.1) is 31.6 Å². The van der Waals surface area contributed by atoms with Gasteiger partial charge in [0.15, 0.2) is 5.75 Å². The molecule has 204 valence electrons. The summed E-state index contributed by atoms with van der Waals surface area (Å²) in [7, 11) is -9.90. The number of fused-ring (bicyclic) bond motifs is 1. The lowest BCUT2D eigenvalue weighted by atomic mass is 10.00. The van der Waals surface area contributed by atoms with E-state index in [1.165, 1.54) is 6.07 Å². The lowest BCUT2D eigenvalue weighted by molar-refractivity contribution is 0.482. The Morgan fingerprint density at radius 2 is 1.23 bits per heavy atom. The first kappa shape index (κ1) is 28.1. The number of nitrogen functional groups attached to an aromatic ring is 1. The van der Waals surface area contributed by atoms with Gasteiger partial charge in [0.2, 0.25) is 0 Å². The van der Waals surface area contributed by atoms with Crippen LogP contribution >= 0.6 is 0 Å². The Hall–Kier alpha value is -4.89. The van der Waals surface area contributed by atoms with Gasteiger partial charge in [0.1, 0.15) is 15.5 Å². The molecule has 0 bridgehead atoms. The first-order valence-electron chi connectivity index (χ1n) is 11.2. The number of anilines is 1. The number of phenols is 1. The molecular weight excluding hydrogens is 560 g/mol. The zero-order valence-corrected chi connectivity index (χ0v) is 22.6. The van der Waals surface area contributed by atoms with Crippen LogP contribution < -0.4 is 5.73 Å². The maximum atomic E-state index is 12.3. The van der Waals surface area contributed by atoms with Gasteiger partial charge in [-0.1, -0.05) is 18.2 Å². The van der Waals surface area contributed by atoms with Gasteiger partial charge in [-0.3, -0.25) is 4.99 Å². The first-order chi connectivity index (χ1) is 18.8. The molecule has 0 saturated heterocycles. The van der Waals surface area contributed by atoms with E-state index in [1.54, 1.807) is 13.0 Å². The van der Waals surface area contributed by atoms with Gasteiger partial charge < -0.3 is 10.8 Å². The Labute approximate surface area is 228 Å². The van der Waals surface area contributed by atoms with Crippen molar-refractivity contribution < 1.29 is 21.9 Å². The molecule has 13 nitrogen and oxygen atoms in total. The molecule has 0 saturated carbocycles. The summed E-state index contributed by atoms with van der Waals surface area (Å²) < 4.78 is 52.9. The fourth-order valence-electron chi connectivity index (χ4n) is 4.11. The second-order valence-electron chi connectivity index (χ2n) is 8.60. The summed E-state index contributed by atoms with van der Waals surface area (Å²) in [5.41, 5.74) is 9.80. The number of nitrogens with zero attached hydrogens (tertiary/aromatic N) is 5. The van der Waals surface area contributed by atoms with Crippen LogP contribution in [-0.4, -0.2) is 28.7 Å². The molecule has 0 radical (unpaired) electrons. The van der Waals surface area contributed by atoms with Gasteiger partial charge in [0.25, 0.3) is 0 Å². The number of benzene rings is 4. The van der Waals surface area contributed by atoms with Gasteiger partial charge >= 0.3 is 20.0 Å². The van der Waals surface area contributed by atoms with Crippen LogP contribution in [-0.2, 0) is 20.0 Å². The van der Waals surface area contributed by atoms with E-state index in [0.29, 0.717) is 11.8 Å². The zero-order chi connectivity index (χ0) is 29.4. The summed E-state index contributed by atoms with van der Waals surface area (Å²) >= 11 is 0. The summed E-state index contributed by atoms with van der Waals surface area (Å²) in [5.74, 6) is -0.746. The molecule has 3 N–H and O–H groups in total. The van der Waals surface area contributed by atoms with Crippen LogP contribution in [0.4, 0.5) is 22.7 Å². The highest BCUT2D eigenvalue weighted by molar-refractivity contribution is 7.91. The van der Waals surface area contributed by atoms with Crippen LogP contribution in [0.5, 0.6) is 5.75 Å². The van der Waals surface area contributed by atoms with Crippen LogP contribution in [0.1, 0.15) is 11.1 Å². The predicted molar refractivity (Wildman–Crippen MR) is 151 cm³/mol. The van der Waals surface area contributed by atoms with Crippen molar-refractivity contribution in [1.29, 1.82) is 0 Å². The normalized spacial score (nSPS) is 12.1. The molecule has 0 aliphatic rings. The monoisotopic (exact) mass is 580 g/mol. The van der Waals surface area contributed by atoms with Crippen LogP contribution in [0.3, 0.4) is 0 Å². The van der Waals surface area contributed by atoms with Crippen molar-refractivity contribution >= 4 is 60.3 Å². The fourth-order valence-corrected chi connectivity index (χ4v) is 5.71. The number of aryl methyl sites for hydroxylation is 2. The summed E-state index contributed by atoms with van der Waals surface area (Å²) in [6.45, 7) is 7.27. The Kier molecular flexibility index (Phi) is 7.28. The Morgan fingerprint density at radius 1 is 0.725 bits per heavy atom. The van der Waals surface area contributed by atoms with Crippen molar-refractivity contribution in [2.75, 3.05) is 5.73 Å². The van der Waals surface area contributed by atoms with E-state index in [9.17, 15) is 31.8 Å². The van der Waals surface area contributed by atoms with Gasteiger partial charge in [-0.05, 0) is 79.2 Å². The van der Waals surface area contributed by atoms with Crippen molar-refractivity contribution in [2.45, 2.75) is 23.6 Å². The van der Waals surface area contributed by atoms with Crippen molar-refractivity contribution in [1.82, 2.24) is 0 Å². The lowest BCUT2D eigenvalue weighted by Crippen LogP contribution is -2.06. The van der Waals surface area contributed by atoms with Crippen LogP contribution in [0.15, 0.2) is 88.8 Å². The summed E-state index contributed by atoms with van der Waals surface area (Å²) in [6, 6.07) is 14.0. The second kappa shape index (κ2) is 10.3. The molecule has 0 unspecified atom stereocenters. The van der Waals surface area contributed by atoms with Gasteiger partial charge in [-0.15, -0.1) is 14.9 Å². The third-order valence-corrected chi connectivity index (χ3v) is 8.31. The van der Waals surface area contributed by atoms with Crippen molar-refractivity contribution in [3.63, 3.8) is 0 Å². The highest BCUT2D eigenvalue weighted by atomic mass is 32.2. The standard InChI is InChI=1S/C25H20N6O7S2/c1-13-10-15(4-7-18(13)27-3)16-5-8-19(14(2)11-16)28-29-20-9-6-17-21(39(35,36)30-33)12-22(40(37,38)31-34)24(26)23(17)25(20)32/h4-12,32H,3,26H2,1-2H3/b29-28+. The Morgan fingerprint density at radius 3 is 1.75 bits per heavy atom. The summed E-state index contributed by atoms with van der Waals surface area (Å²) in [5, 5.41) is 18.3. The predicted octanol–water partition coefficient (Wildman–Crippen LogP) is 6.07. The topological polar surface area (TPSA) is 210 Å². The SMILES string of the molecule is C=Nc1ccc(-c2ccc(/N=N/c3ccc4c(S(=O)(=O)N=O)cc(S(=O)(=O)N=O)c(N)c4c3O)c(C)c2)cc1C. The summed E-state index contributed by atoms with van der Waals surface area (Å²) in [4.78, 5) is 23.9. The molecule has 40 heavy (non-hydrogen) atoms. The molecule has 0 fully saturated rings. The van der Waals surface area contributed by atoms with E-state index in [1.807, 2.05) is 46.4 Å². The third kappa shape index (κ3) is 4.94. The average molecular weight is 581 g/mol. The van der Waals surface area contributed by atoms with Gasteiger partial charge in [0, 0.05) is 5.39 Å². The molecule has 4 aromatic rings. The van der Waals surface area contributed by atoms with Crippen molar-refractivity contribution in [2.24, 2.45) is 24.4 Å². The highest BCUT2D eigenvalue weighted by Gasteiger charge is 2.29. The van der Waals surface area contributed by atoms with Crippen LogP contribution in [0.2, 0.25) is 0 Å². The first-order valence-corrected chi connectivity index (χ1v) is 14.1.